The minimum atomic E-state index is -0.300. The predicted octanol–water partition coefficient (Wildman–Crippen LogP) is 3.47. The predicted molar refractivity (Wildman–Crippen MR) is 77.8 cm³/mol. The highest BCUT2D eigenvalue weighted by molar-refractivity contribution is 5.99. The van der Waals surface area contributed by atoms with Gasteiger partial charge >= 0.3 is 0 Å². The molecule has 0 saturated carbocycles. The largest absolute Gasteiger partial charge is 0.481 e. The van der Waals surface area contributed by atoms with Crippen molar-refractivity contribution in [2.24, 2.45) is 5.92 Å². The number of ether oxygens (including phenoxy) is 1. The SMILES string of the molecule is C.CC.COc1ccc(C(=O)C(C)CC=O)c(C)n1. The fraction of sp³-hybridized carbons (Fsp3) is 0.533. The van der Waals surface area contributed by atoms with Gasteiger partial charge in [0.25, 0.3) is 0 Å². The molecule has 1 unspecified atom stereocenters. The van der Waals surface area contributed by atoms with Crippen LogP contribution < -0.4 is 4.74 Å². The van der Waals surface area contributed by atoms with Gasteiger partial charge < -0.3 is 9.53 Å². The van der Waals surface area contributed by atoms with Crippen LogP contribution in [-0.4, -0.2) is 24.2 Å². The Morgan fingerprint density at radius 3 is 2.42 bits per heavy atom. The molecule has 4 heteroatoms. The second kappa shape index (κ2) is 10.2. The topological polar surface area (TPSA) is 56.3 Å². The lowest BCUT2D eigenvalue weighted by atomic mass is 9.96. The molecule has 108 valence electrons. The first-order valence-corrected chi connectivity index (χ1v) is 6.09. The molecule has 0 aliphatic heterocycles. The smallest absolute Gasteiger partial charge is 0.213 e. The average Bonchev–Trinajstić information content (AvgIpc) is 2.40. The minimum Gasteiger partial charge on any atom is -0.481 e. The summed E-state index contributed by atoms with van der Waals surface area (Å²) in [6.07, 6.45) is 0.999. The van der Waals surface area contributed by atoms with Gasteiger partial charge in [0.2, 0.25) is 5.88 Å². The number of hydrogen-bond donors (Lipinski definition) is 0. The van der Waals surface area contributed by atoms with E-state index in [1.54, 1.807) is 26.0 Å². The summed E-state index contributed by atoms with van der Waals surface area (Å²) in [7, 11) is 1.53. The van der Waals surface area contributed by atoms with Crippen LogP contribution in [0.15, 0.2) is 12.1 Å². The molecule has 0 bridgehead atoms. The molecule has 0 radical (unpaired) electrons. The Balaban J connectivity index is 0. The van der Waals surface area contributed by atoms with Crippen molar-refractivity contribution in [1.82, 2.24) is 4.98 Å². The highest BCUT2D eigenvalue weighted by Crippen LogP contribution is 2.17. The maximum atomic E-state index is 11.9. The van der Waals surface area contributed by atoms with Gasteiger partial charge in [0.15, 0.2) is 5.78 Å². The molecule has 1 aromatic heterocycles. The number of Topliss-reactive ketones (excluding diaryl/α,β-unsaturated/α-hetero) is 1. The summed E-state index contributed by atoms with van der Waals surface area (Å²) in [6, 6.07) is 3.33. The lowest BCUT2D eigenvalue weighted by Gasteiger charge is -2.09. The molecule has 0 aliphatic rings. The molecule has 1 heterocycles. The first-order chi connectivity index (χ1) is 8.60. The van der Waals surface area contributed by atoms with Gasteiger partial charge in [0.05, 0.1) is 12.8 Å². The Morgan fingerprint density at radius 1 is 1.42 bits per heavy atom. The molecular formula is C15H25NO3. The lowest BCUT2D eigenvalue weighted by molar-refractivity contribution is -0.108. The molecule has 0 fully saturated rings. The third-order valence-corrected chi connectivity index (χ3v) is 2.43. The van der Waals surface area contributed by atoms with Gasteiger partial charge in [-0.1, -0.05) is 28.2 Å². The summed E-state index contributed by atoms with van der Waals surface area (Å²) in [5, 5.41) is 0. The van der Waals surface area contributed by atoms with Crippen LogP contribution in [0.5, 0.6) is 5.88 Å². The third kappa shape index (κ3) is 5.64. The summed E-state index contributed by atoms with van der Waals surface area (Å²) < 4.78 is 4.96. The number of nitrogens with zero attached hydrogens (tertiary/aromatic N) is 1. The normalized spacial score (nSPS) is 10.4. The number of aryl methyl sites for hydroxylation is 1. The van der Waals surface area contributed by atoms with E-state index in [-0.39, 0.29) is 25.5 Å². The number of carbonyl (C=O) groups is 2. The molecule has 4 nitrogen and oxygen atoms in total. The van der Waals surface area contributed by atoms with Crippen LogP contribution in [0.2, 0.25) is 0 Å². The number of aromatic nitrogens is 1. The highest BCUT2D eigenvalue weighted by Gasteiger charge is 2.17. The van der Waals surface area contributed by atoms with Crippen LogP contribution >= 0.6 is 0 Å². The van der Waals surface area contributed by atoms with Gasteiger partial charge in [-0.05, 0) is 13.0 Å². The number of methoxy groups -OCH3 is 1. The van der Waals surface area contributed by atoms with Crippen molar-refractivity contribution >= 4 is 12.1 Å². The average molecular weight is 267 g/mol. The van der Waals surface area contributed by atoms with Gasteiger partial charge in [-0.15, -0.1) is 0 Å². The van der Waals surface area contributed by atoms with E-state index in [0.717, 1.165) is 6.29 Å². The van der Waals surface area contributed by atoms with E-state index in [1.807, 2.05) is 13.8 Å². The van der Waals surface area contributed by atoms with E-state index < -0.39 is 0 Å². The number of carbonyl (C=O) groups excluding carboxylic acids is 2. The van der Waals surface area contributed by atoms with Crippen LogP contribution in [0.4, 0.5) is 0 Å². The van der Waals surface area contributed by atoms with Gasteiger partial charge in [0.1, 0.15) is 6.29 Å². The molecule has 0 aromatic carbocycles. The van der Waals surface area contributed by atoms with Crippen LogP contribution in [0, 0.1) is 12.8 Å². The van der Waals surface area contributed by atoms with E-state index >= 15 is 0 Å². The molecule has 0 N–H and O–H groups in total. The van der Waals surface area contributed by atoms with E-state index in [1.165, 1.54) is 7.11 Å². The second-order valence-electron chi connectivity index (χ2n) is 3.65. The summed E-state index contributed by atoms with van der Waals surface area (Å²) in [4.78, 5) is 26.4. The number of ketones is 1. The molecule has 0 aliphatic carbocycles. The van der Waals surface area contributed by atoms with Crippen molar-refractivity contribution < 1.29 is 14.3 Å². The Morgan fingerprint density at radius 2 is 2.00 bits per heavy atom. The Labute approximate surface area is 116 Å². The lowest BCUT2D eigenvalue weighted by Crippen LogP contribution is -2.14. The maximum absolute atomic E-state index is 11.9. The van der Waals surface area contributed by atoms with Crippen LogP contribution in [0.3, 0.4) is 0 Å². The van der Waals surface area contributed by atoms with Crippen LogP contribution in [0.1, 0.15) is 50.7 Å². The Bertz CT molecular complexity index is 402. The number of aldehydes is 1. The maximum Gasteiger partial charge on any atom is 0.213 e. The molecule has 0 saturated heterocycles. The van der Waals surface area contributed by atoms with Crippen molar-refractivity contribution in [3.63, 3.8) is 0 Å². The quantitative estimate of drug-likeness (QED) is 0.605. The third-order valence-electron chi connectivity index (χ3n) is 2.43. The summed E-state index contributed by atoms with van der Waals surface area (Å²) in [5.41, 5.74) is 1.18. The van der Waals surface area contributed by atoms with E-state index in [2.05, 4.69) is 4.98 Å². The monoisotopic (exact) mass is 267 g/mol. The molecule has 1 rings (SSSR count). The van der Waals surface area contributed by atoms with Crippen molar-refractivity contribution in [3.8, 4) is 5.88 Å². The van der Waals surface area contributed by atoms with Gasteiger partial charge in [-0.3, -0.25) is 4.79 Å². The van der Waals surface area contributed by atoms with Crippen molar-refractivity contribution in [1.29, 1.82) is 0 Å². The van der Waals surface area contributed by atoms with Crippen molar-refractivity contribution in [3.05, 3.63) is 23.4 Å². The molecule has 1 atom stereocenters. The summed E-state index contributed by atoms with van der Waals surface area (Å²) in [6.45, 7) is 7.49. The molecule has 1 aromatic rings. The molecule has 0 amide bonds. The molecule has 0 spiro atoms. The van der Waals surface area contributed by atoms with E-state index in [4.69, 9.17) is 4.74 Å². The zero-order valence-corrected chi connectivity index (χ0v) is 11.7. The van der Waals surface area contributed by atoms with Gasteiger partial charge in [-0.25, -0.2) is 4.98 Å². The van der Waals surface area contributed by atoms with Crippen molar-refractivity contribution in [2.75, 3.05) is 7.11 Å². The number of pyridine rings is 1. The van der Waals surface area contributed by atoms with E-state index in [9.17, 15) is 9.59 Å². The zero-order valence-electron chi connectivity index (χ0n) is 11.7. The summed E-state index contributed by atoms with van der Waals surface area (Å²) >= 11 is 0. The fourth-order valence-corrected chi connectivity index (χ4v) is 1.43. The first kappa shape index (κ1) is 19.6. The zero-order chi connectivity index (χ0) is 14.1. The highest BCUT2D eigenvalue weighted by atomic mass is 16.5. The van der Waals surface area contributed by atoms with Crippen LogP contribution in [-0.2, 0) is 4.79 Å². The Hall–Kier alpha value is -1.71. The standard InChI is InChI=1S/C12H15NO3.C2H6.CH4/c1-8(6-7-14)12(15)10-4-5-11(16-3)13-9(10)2;1-2;/h4-5,7-8H,6H2,1-3H3;1-2H3;1H4. The van der Waals surface area contributed by atoms with Gasteiger partial charge in [-0.2, -0.15) is 0 Å². The minimum absolute atomic E-state index is 0. The molecule has 19 heavy (non-hydrogen) atoms. The summed E-state index contributed by atoms with van der Waals surface area (Å²) in [5.74, 6) is 0.128. The van der Waals surface area contributed by atoms with E-state index in [0.29, 0.717) is 17.1 Å². The van der Waals surface area contributed by atoms with Crippen molar-refractivity contribution in [2.45, 2.75) is 41.5 Å². The second-order valence-corrected chi connectivity index (χ2v) is 3.65. The molecular weight excluding hydrogens is 242 g/mol. The van der Waals surface area contributed by atoms with Gasteiger partial charge in [0, 0.05) is 24.0 Å². The van der Waals surface area contributed by atoms with Crippen LogP contribution in [0.25, 0.3) is 0 Å². The first-order valence-electron chi connectivity index (χ1n) is 6.09. The number of hydrogen-bond acceptors (Lipinski definition) is 4. The Kier molecular flexibility index (Phi) is 10.6. The number of rotatable bonds is 5. The fourth-order valence-electron chi connectivity index (χ4n) is 1.43.